The largest absolute Gasteiger partial charge is 0.337 e. The molecule has 1 aliphatic rings. The number of aryl methyl sites for hydroxylation is 2. The Morgan fingerprint density at radius 2 is 1.82 bits per heavy atom. The molecule has 174 valence electrons. The van der Waals surface area contributed by atoms with Gasteiger partial charge in [-0.3, -0.25) is 14.2 Å². The topological polar surface area (TPSA) is 80.0 Å². The van der Waals surface area contributed by atoms with Gasteiger partial charge in [-0.25, -0.2) is 4.39 Å². The smallest absolute Gasteiger partial charge is 0.274 e. The number of nitrogens with one attached hydrogen (secondary N) is 2. The van der Waals surface area contributed by atoms with E-state index in [1.165, 1.54) is 12.1 Å². The van der Waals surface area contributed by atoms with Crippen molar-refractivity contribution in [2.45, 2.75) is 39.7 Å². The van der Waals surface area contributed by atoms with Gasteiger partial charge in [-0.05, 0) is 63.0 Å². The maximum Gasteiger partial charge on any atom is 0.274 e. The summed E-state index contributed by atoms with van der Waals surface area (Å²) in [6, 6.07) is 6.37. The highest BCUT2D eigenvalue weighted by Gasteiger charge is 2.25. The first-order chi connectivity index (χ1) is 15.8. The van der Waals surface area contributed by atoms with Gasteiger partial charge in [0.25, 0.3) is 5.91 Å². The lowest BCUT2D eigenvalue weighted by Crippen LogP contribution is -2.37. The number of hydrogen-bond acceptors (Lipinski definition) is 4. The number of rotatable bonds is 5. The Bertz CT molecular complexity index is 1160. The van der Waals surface area contributed by atoms with Crippen LogP contribution in [0.3, 0.4) is 0 Å². The molecule has 1 saturated heterocycles. The molecule has 0 unspecified atom stereocenters. The van der Waals surface area contributed by atoms with E-state index >= 15 is 0 Å². The van der Waals surface area contributed by atoms with Gasteiger partial charge in [0.2, 0.25) is 0 Å². The molecule has 2 N–H and O–H groups in total. The van der Waals surface area contributed by atoms with Crippen LogP contribution in [0.25, 0.3) is 0 Å². The van der Waals surface area contributed by atoms with Gasteiger partial charge in [0.1, 0.15) is 11.5 Å². The van der Waals surface area contributed by atoms with E-state index in [0.717, 1.165) is 55.0 Å². The molecule has 1 aromatic carbocycles. The van der Waals surface area contributed by atoms with Crippen LogP contribution < -0.4 is 10.6 Å². The first kappa shape index (κ1) is 22.9. The third-order valence-electron chi connectivity index (χ3n) is 5.90. The van der Waals surface area contributed by atoms with Crippen LogP contribution in [-0.4, -0.2) is 48.6 Å². The third-order valence-corrected chi connectivity index (χ3v) is 6.10. The fourth-order valence-electron chi connectivity index (χ4n) is 4.09. The minimum absolute atomic E-state index is 0.0421. The minimum Gasteiger partial charge on any atom is -0.337 e. The number of carbonyl (C=O) groups excluding carboxylic acids is 1. The number of carbonyl (C=O) groups is 1. The molecule has 0 bridgehead atoms. The summed E-state index contributed by atoms with van der Waals surface area (Å²) in [6.45, 7) is 5.89. The van der Waals surface area contributed by atoms with Crippen LogP contribution in [0.1, 0.15) is 46.7 Å². The van der Waals surface area contributed by atoms with Crippen molar-refractivity contribution in [3.05, 3.63) is 58.9 Å². The summed E-state index contributed by atoms with van der Waals surface area (Å²) < 4.78 is 16.6. The fourth-order valence-corrected chi connectivity index (χ4v) is 4.30. The van der Waals surface area contributed by atoms with Crippen LogP contribution in [-0.2, 0) is 13.6 Å². The van der Waals surface area contributed by atoms with Crippen molar-refractivity contribution in [1.82, 2.24) is 24.5 Å². The number of benzene rings is 1. The third kappa shape index (κ3) is 5.05. The van der Waals surface area contributed by atoms with Crippen LogP contribution in [0, 0.1) is 19.7 Å². The van der Waals surface area contributed by atoms with Crippen LogP contribution in [0.5, 0.6) is 0 Å². The van der Waals surface area contributed by atoms with Gasteiger partial charge in [0.15, 0.2) is 5.11 Å². The molecule has 4 rings (SSSR count). The van der Waals surface area contributed by atoms with Crippen LogP contribution >= 0.6 is 12.2 Å². The molecule has 3 heterocycles. The highest BCUT2D eigenvalue weighted by molar-refractivity contribution is 7.80. The zero-order valence-electron chi connectivity index (χ0n) is 19.1. The Morgan fingerprint density at radius 1 is 1.12 bits per heavy atom. The average molecular weight is 470 g/mol. The maximum absolute atomic E-state index is 13.2. The average Bonchev–Trinajstić information content (AvgIpc) is 3.29. The summed E-state index contributed by atoms with van der Waals surface area (Å²) >= 11 is 5.54. The van der Waals surface area contributed by atoms with Gasteiger partial charge in [0.05, 0.1) is 35.5 Å². The molecule has 8 nitrogen and oxygen atoms in total. The van der Waals surface area contributed by atoms with Crippen molar-refractivity contribution in [3.63, 3.8) is 0 Å². The monoisotopic (exact) mass is 469 g/mol. The highest BCUT2D eigenvalue weighted by Crippen LogP contribution is 2.23. The second kappa shape index (κ2) is 9.70. The molecular weight excluding hydrogens is 441 g/mol. The first-order valence-electron chi connectivity index (χ1n) is 11.0. The summed E-state index contributed by atoms with van der Waals surface area (Å²) in [5, 5.41) is 15.5. The number of halogens is 1. The van der Waals surface area contributed by atoms with Crippen LogP contribution in [0.2, 0.25) is 0 Å². The number of hydrogen-bond donors (Lipinski definition) is 2. The van der Waals surface area contributed by atoms with E-state index in [4.69, 9.17) is 12.2 Å². The molecule has 3 aromatic rings. The zero-order chi connectivity index (χ0) is 23.5. The van der Waals surface area contributed by atoms with Gasteiger partial charge in [-0.2, -0.15) is 10.2 Å². The number of thiocarbonyl (C=S) groups is 1. The van der Waals surface area contributed by atoms with Crippen molar-refractivity contribution in [2.24, 2.45) is 7.05 Å². The summed E-state index contributed by atoms with van der Waals surface area (Å²) in [6.07, 6.45) is 4.81. The predicted molar refractivity (Wildman–Crippen MR) is 130 cm³/mol. The molecule has 1 amide bonds. The van der Waals surface area contributed by atoms with Crippen molar-refractivity contribution < 1.29 is 9.18 Å². The fraction of sp³-hybridized carbons (Fsp3) is 0.391. The van der Waals surface area contributed by atoms with Crippen molar-refractivity contribution in [3.8, 4) is 0 Å². The summed E-state index contributed by atoms with van der Waals surface area (Å²) in [7, 11) is 1.76. The number of anilines is 2. The molecule has 33 heavy (non-hydrogen) atoms. The van der Waals surface area contributed by atoms with E-state index in [-0.39, 0.29) is 11.7 Å². The second-order valence-electron chi connectivity index (χ2n) is 8.29. The van der Waals surface area contributed by atoms with Gasteiger partial charge in [-0.1, -0.05) is 12.1 Å². The standard InChI is InChI=1S/C23H28FN7OS/c1-15-20(16(2)31(28-15)14-17-7-9-18(24)10-8-17)27-23(33)26-19-13-25-29(3)21(19)22(32)30-11-5-4-6-12-30/h7-10,13H,4-6,11-12,14H2,1-3H3,(H2,26,27,33). The second-order valence-corrected chi connectivity index (χ2v) is 8.70. The number of piperidine rings is 1. The van der Waals surface area contributed by atoms with Crippen LogP contribution in [0.4, 0.5) is 15.8 Å². The van der Waals surface area contributed by atoms with Gasteiger partial charge < -0.3 is 15.5 Å². The van der Waals surface area contributed by atoms with E-state index < -0.39 is 0 Å². The molecular formula is C23H28FN7OS. The van der Waals surface area contributed by atoms with Crippen molar-refractivity contribution in [1.29, 1.82) is 0 Å². The van der Waals surface area contributed by atoms with Gasteiger partial charge in [0, 0.05) is 20.1 Å². The quantitative estimate of drug-likeness (QED) is 0.553. The van der Waals surface area contributed by atoms with Crippen LogP contribution in [0.15, 0.2) is 30.5 Å². The van der Waals surface area contributed by atoms with E-state index in [1.807, 2.05) is 23.4 Å². The molecule has 0 spiro atoms. The number of aromatic nitrogens is 4. The Hall–Kier alpha value is -3.27. The molecule has 0 aliphatic carbocycles. The Balaban J connectivity index is 1.47. The first-order valence-corrected chi connectivity index (χ1v) is 11.4. The normalized spacial score (nSPS) is 13.8. The van der Waals surface area contributed by atoms with Gasteiger partial charge in [-0.15, -0.1) is 0 Å². The highest BCUT2D eigenvalue weighted by atomic mass is 32.1. The Morgan fingerprint density at radius 3 is 2.52 bits per heavy atom. The molecule has 1 fully saturated rings. The Kier molecular flexibility index (Phi) is 6.73. The molecule has 2 aromatic heterocycles. The number of amides is 1. The number of nitrogens with zero attached hydrogens (tertiary/aromatic N) is 5. The lowest BCUT2D eigenvalue weighted by molar-refractivity contribution is 0.0714. The molecule has 0 atom stereocenters. The molecule has 0 saturated carbocycles. The zero-order valence-corrected chi connectivity index (χ0v) is 19.9. The lowest BCUT2D eigenvalue weighted by atomic mass is 10.1. The Labute approximate surface area is 197 Å². The van der Waals surface area contributed by atoms with E-state index in [2.05, 4.69) is 20.8 Å². The van der Waals surface area contributed by atoms with Gasteiger partial charge >= 0.3 is 0 Å². The maximum atomic E-state index is 13.2. The van der Waals surface area contributed by atoms with Crippen molar-refractivity contribution in [2.75, 3.05) is 23.7 Å². The molecule has 0 radical (unpaired) electrons. The summed E-state index contributed by atoms with van der Waals surface area (Å²) in [5.41, 5.74) is 4.49. The number of likely N-dealkylation sites (tertiary alicyclic amines) is 1. The SMILES string of the molecule is Cc1nn(Cc2ccc(F)cc2)c(C)c1NC(=S)Nc1cnn(C)c1C(=O)N1CCCCC1. The summed E-state index contributed by atoms with van der Waals surface area (Å²) in [5.74, 6) is -0.307. The minimum atomic E-state index is -0.264. The van der Waals surface area contributed by atoms with E-state index in [9.17, 15) is 9.18 Å². The summed E-state index contributed by atoms with van der Waals surface area (Å²) in [4.78, 5) is 14.9. The van der Waals surface area contributed by atoms with Crippen molar-refractivity contribution >= 4 is 34.6 Å². The predicted octanol–water partition coefficient (Wildman–Crippen LogP) is 3.86. The van der Waals surface area contributed by atoms with E-state index in [0.29, 0.717) is 23.0 Å². The lowest BCUT2D eigenvalue weighted by Gasteiger charge is -2.27. The molecule has 1 aliphatic heterocycles. The van der Waals surface area contributed by atoms with E-state index in [1.54, 1.807) is 30.1 Å². The molecule has 10 heteroatoms.